The smallest absolute Gasteiger partial charge is 0.195 e. The highest BCUT2D eigenvalue weighted by molar-refractivity contribution is 6.75. The molecule has 2 fully saturated rings. The van der Waals surface area contributed by atoms with Gasteiger partial charge in [0, 0.05) is 12.8 Å². The first kappa shape index (κ1) is 27.6. The molecule has 2 saturated carbocycles. The average molecular weight is 515 g/mol. The molecule has 4 heteroatoms. The monoisotopic (exact) mass is 514 g/mol. The largest absolute Gasteiger partial charge is 0.390 e. The molecule has 0 aromatic heterocycles. The normalized spacial score (nSPS) is 35.1. The Kier molecular flexibility index (Phi) is 6.53. The molecule has 0 saturated heterocycles. The molecule has 2 nitrogen and oxygen atoms in total. The average Bonchev–Trinajstić information content (AvgIpc) is 3.08. The van der Waals surface area contributed by atoms with E-state index in [1.165, 1.54) is 25.7 Å². The Morgan fingerprint density at radius 1 is 0.800 bits per heavy atom. The maximum atomic E-state index is 7.36. The van der Waals surface area contributed by atoms with E-state index in [0.29, 0.717) is 17.3 Å². The predicted molar refractivity (Wildman–Crippen MR) is 155 cm³/mol. The molecule has 0 radical (unpaired) electrons. The van der Waals surface area contributed by atoms with Crippen LogP contribution in [0.1, 0.15) is 93.9 Å². The van der Waals surface area contributed by atoms with Crippen LogP contribution in [0.3, 0.4) is 0 Å². The summed E-state index contributed by atoms with van der Waals surface area (Å²) in [6, 6.07) is 0. The van der Waals surface area contributed by atoms with Crippen molar-refractivity contribution in [3.8, 4) is 0 Å². The van der Waals surface area contributed by atoms with Crippen LogP contribution in [0.15, 0.2) is 35.5 Å². The molecule has 35 heavy (non-hydrogen) atoms. The minimum Gasteiger partial charge on any atom is -0.390 e. The summed E-state index contributed by atoms with van der Waals surface area (Å²) >= 11 is 0. The quantitative estimate of drug-likeness (QED) is 0.211. The SMILES string of the molecule is CC(C)(C)[Si](C)(C)OC1(O[Si](C)(C)C(C)(C)C)CC[C@@]2(C)C(=CC=C3[C@@H]4CC=C[C@@]4(C)CC[C@@H]32)C1. The van der Waals surface area contributed by atoms with Gasteiger partial charge in [-0.05, 0) is 84.6 Å². The lowest BCUT2D eigenvalue weighted by molar-refractivity contribution is -0.159. The van der Waals surface area contributed by atoms with Gasteiger partial charge < -0.3 is 8.85 Å². The molecule has 4 atom stereocenters. The van der Waals surface area contributed by atoms with Crippen molar-refractivity contribution in [1.82, 2.24) is 0 Å². The third-order valence-corrected chi connectivity index (χ3v) is 20.4. The second-order valence-electron chi connectivity index (χ2n) is 15.9. The molecule has 4 aliphatic rings. The Morgan fingerprint density at radius 3 is 1.91 bits per heavy atom. The van der Waals surface area contributed by atoms with E-state index in [1.807, 2.05) is 0 Å². The number of rotatable bonds is 4. The van der Waals surface area contributed by atoms with E-state index >= 15 is 0 Å². The Hall–Kier alpha value is -0.426. The van der Waals surface area contributed by atoms with Crippen molar-refractivity contribution in [2.24, 2.45) is 22.7 Å². The van der Waals surface area contributed by atoms with Gasteiger partial charge in [0.25, 0.3) is 0 Å². The highest BCUT2D eigenvalue weighted by Crippen LogP contribution is 2.64. The summed E-state index contributed by atoms with van der Waals surface area (Å²) in [6.45, 7) is 28.8. The van der Waals surface area contributed by atoms with Gasteiger partial charge in [0.05, 0.1) is 0 Å². The molecule has 4 aliphatic carbocycles. The highest BCUT2D eigenvalue weighted by Gasteiger charge is 2.58. The minimum atomic E-state index is -2.02. The van der Waals surface area contributed by atoms with Crippen molar-refractivity contribution < 1.29 is 8.85 Å². The van der Waals surface area contributed by atoms with Crippen LogP contribution in [-0.2, 0) is 8.85 Å². The lowest BCUT2D eigenvalue weighted by Gasteiger charge is -2.58. The zero-order chi connectivity index (χ0) is 26.3. The zero-order valence-electron chi connectivity index (χ0n) is 25.0. The molecule has 198 valence electrons. The summed E-state index contributed by atoms with van der Waals surface area (Å²) in [5, 5.41) is 0.323. The van der Waals surface area contributed by atoms with Gasteiger partial charge in [-0.3, -0.25) is 0 Å². The maximum Gasteiger partial charge on any atom is 0.195 e. The lowest BCUT2D eigenvalue weighted by Crippen LogP contribution is -2.59. The van der Waals surface area contributed by atoms with Crippen LogP contribution < -0.4 is 0 Å². The molecule has 0 bridgehead atoms. The van der Waals surface area contributed by atoms with E-state index < -0.39 is 22.4 Å². The molecule has 0 unspecified atom stereocenters. The van der Waals surface area contributed by atoms with Crippen LogP contribution in [0.25, 0.3) is 0 Å². The van der Waals surface area contributed by atoms with E-state index in [1.54, 1.807) is 11.1 Å². The third-order valence-electron chi connectivity index (χ3n) is 11.4. The van der Waals surface area contributed by atoms with E-state index in [-0.39, 0.29) is 15.5 Å². The first-order valence-electron chi connectivity index (χ1n) is 14.2. The van der Waals surface area contributed by atoms with Crippen molar-refractivity contribution in [3.63, 3.8) is 0 Å². The molecule has 0 aromatic rings. The van der Waals surface area contributed by atoms with E-state index in [4.69, 9.17) is 8.85 Å². The summed E-state index contributed by atoms with van der Waals surface area (Å²) < 4.78 is 14.7. The topological polar surface area (TPSA) is 18.5 Å². The molecule has 0 amide bonds. The second kappa shape index (κ2) is 8.28. The van der Waals surface area contributed by atoms with Gasteiger partial charge in [0.15, 0.2) is 22.4 Å². The fraction of sp³-hybridized carbons (Fsp3) is 0.806. The van der Waals surface area contributed by atoms with Crippen molar-refractivity contribution in [2.75, 3.05) is 0 Å². The van der Waals surface area contributed by atoms with Crippen LogP contribution in [0.5, 0.6) is 0 Å². The third kappa shape index (κ3) is 4.57. The van der Waals surface area contributed by atoms with Gasteiger partial charge in [0.2, 0.25) is 0 Å². The molecular weight excluding hydrogens is 461 g/mol. The highest BCUT2D eigenvalue weighted by atomic mass is 28.4. The van der Waals surface area contributed by atoms with Gasteiger partial charge in [-0.2, -0.15) is 0 Å². The van der Waals surface area contributed by atoms with Gasteiger partial charge in [0.1, 0.15) is 0 Å². The Labute approximate surface area is 219 Å². The Bertz CT molecular complexity index is 914. The molecule has 0 aliphatic heterocycles. The lowest BCUT2D eigenvalue weighted by atomic mass is 9.51. The van der Waals surface area contributed by atoms with E-state index in [9.17, 15) is 0 Å². The molecule has 0 aromatic carbocycles. The van der Waals surface area contributed by atoms with Crippen molar-refractivity contribution in [3.05, 3.63) is 35.5 Å². The number of fused-ring (bicyclic) bond motifs is 5. The first-order valence-corrected chi connectivity index (χ1v) is 20.1. The van der Waals surface area contributed by atoms with E-state index in [2.05, 4.69) is 106 Å². The van der Waals surface area contributed by atoms with Gasteiger partial charge in [-0.25, -0.2) is 0 Å². The molecule has 0 heterocycles. The molecule has 0 N–H and O–H groups in total. The van der Waals surface area contributed by atoms with Gasteiger partial charge >= 0.3 is 0 Å². The summed E-state index contributed by atoms with van der Waals surface area (Å²) in [7, 11) is -4.04. The number of hydrogen-bond acceptors (Lipinski definition) is 2. The summed E-state index contributed by atoms with van der Waals surface area (Å²) in [6.07, 6.45) is 17.0. The number of hydrogen-bond donors (Lipinski definition) is 0. The van der Waals surface area contributed by atoms with E-state index in [0.717, 1.165) is 12.8 Å². The zero-order valence-corrected chi connectivity index (χ0v) is 27.0. The standard InChI is InChI=1S/C31H54O2Si2/c1-27(2,3)34(9,10)32-31(33-35(11,12)28(4,5)6)21-20-30(8)23(22-31)15-16-24-25-14-13-18-29(25,7)19-17-26(24)30/h13,15-16,18,25-26H,14,17,19-22H2,1-12H3/t25-,26-,29-,30-/m0/s1. The summed E-state index contributed by atoms with van der Waals surface area (Å²) in [5.74, 6) is 0.898. The Balaban J connectivity index is 1.72. The second-order valence-corrected chi connectivity index (χ2v) is 25.3. The summed E-state index contributed by atoms with van der Waals surface area (Å²) in [5.41, 5.74) is 3.94. The fourth-order valence-electron chi connectivity index (χ4n) is 6.88. The molecule has 4 rings (SSSR count). The van der Waals surface area contributed by atoms with Crippen LogP contribution >= 0.6 is 0 Å². The van der Waals surface area contributed by atoms with Crippen LogP contribution in [0.4, 0.5) is 0 Å². The first-order chi connectivity index (χ1) is 15.8. The maximum absolute atomic E-state index is 7.36. The van der Waals surface area contributed by atoms with Crippen molar-refractivity contribution >= 4 is 16.6 Å². The molecule has 0 spiro atoms. The van der Waals surface area contributed by atoms with Gasteiger partial charge in [-0.15, -0.1) is 0 Å². The van der Waals surface area contributed by atoms with Crippen molar-refractivity contribution in [2.45, 2.75) is 136 Å². The van der Waals surface area contributed by atoms with Crippen LogP contribution in [0, 0.1) is 22.7 Å². The predicted octanol–water partition coefficient (Wildman–Crippen LogP) is 9.78. The molecular formula is C31H54O2Si2. The summed E-state index contributed by atoms with van der Waals surface area (Å²) in [4.78, 5) is 0. The fourth-order valence-corrected chi connectivity index (χ4v) is 9.87. The van der Waals surface area contributed by atoms with Gasteiger partial charge in [-0.1, -0.05) is 90.8 Å². The van der Waals surface area contributed by atoms with Crippen LogP contribution in [-0.4, -0.2) is 22.4 Å². The minimum absolute atomic E-state index is 0.162. The Morgan fingerprint density at radius 2 is 1.37 bits per heavy atom. The number of allylic oxidation sites excluding steroid dienone is 5. The van der Waals surface area contributed by atoms with Crippen molar-refractivity contribution in [1.29, 1.82) is 0 Å². The van der Waals surface area contributed by atoms with Crippen LogP contribution in [0.2, 0.25) is 36.3 Å².